The van der Waals surface area contributed by atoms with Gasteiger partial charge in [0, 0.05) is 17.2 Å². The molecule has 39 heavy (non-hydrogen) atoms. The summed E-state index contributed by atoms with van der Waals surface area (Å²) in [5.41, 5.74) is 0.355. The van der Waals surface area contributed by atoms with E-state index in [9.17, 15) is 14.7 Å². The topological polar surface area (TPSA) is 101 Å². The summed E-state index contributed by atoms with van der Waals surface area (Å²) in [4.78, 5) is 26.9. The highest BCUT2D eigenvalue weighted by molar-refractivity contribution is 5.97. The van der Waals surface area contributed by atoms with Gasteiger partial charge in [-0.1, -0.05) is 20.8 Å². The van der Waals surface area contributed by atoms with Crippen LogP contribution in [-0.4, -0.2) is 31.3 Å². The number of benzene rings is 2. The molecule has 2 aliphatic carbocycles. The molecule has 2 aromatic rings. The number of hydrogen-bond acceptors (Lipinski definition) is 8. The lowest BCUT2D eigenvalue weighted by molar-refractivity contribution is -0.147. The summed E-state index contributed by atoms with van der Waals surface area (Å²) < 4.78 is 29.2. The normalized spacial score (nSPS) is 24.4. The molecule has 3 aliphatic rings. The number of esters is 2. The molecule has 8 heteroatoms. The van der Waals surface area contributed by atoms with Crippen molar-refractivity contribution >= 4 is 11.9 Å². The van der Waals surface area contributed by atoms with Gasteiger partial charge in [-0.25, -0.2) is 4.79 Å². The van der Waals surface area contributed by atoms with Crippen molar-refractivity contribution in [2.45, 2.75) is 72.5 Å². The van der Waals surface area contributed by atoms with E-state index in [1.165, 1.54) is 14.2 Å². The Balaban J connectivity index is 1.55. The zero-order valence-corrected chi connectivity index (χ0v) is 23.6. The zero-order chi connectivity index (χ0) is 28.1. The molecule has 2 aromatic carbocycles. The second kappa shape index (κ2) is 10.0. The summed E-state index contributed by atoms with van der Waals surface area (Å²) in [7, 11) is 2.96. The number of cyclic esters (lactones) is 1. The first-order valence-electron chi connectivity index (χ1n) is 13.6. The number of fused-ring (bicyclic) bond motifs is 4. The standard InChI is InChI=1S/C31H38O8/c1-30(2,3)15-22(32)21-11-12-23-25(27(21)36-6)28(33)37-16-17-13-20(35-5)14-24(26(17)38-23)39-29(34)31(4)18-7-8-19(31)10-9-18/h11-14,18-19,22,32H,7-10,15-16H2,1-6H3/t18?,19?,22-,31?/m0/s1. The fraction of sp³-hybridized carbons (Fsp3) is 0.548. The van der Waals surface area contributed by atoms with Gasteiger partial charge in [0.25, 0.3) is 0 Å². The Labute approximate surface area is 229 Å². The minimum atomic E-state index is -0.862. The lowest BCUT2D eigenvalue weighted by atomic mass is 9.80. The van der Waals surface area contributed by atoms with Gasteiger partial charge >= 0.3 is 11.9 Å². The maximum absolute atomic E-state index is 13.6. The molecule has 2 fully saturated rings. The molecule has 5 rings (SSSR count). The molecule has 0 saturated heterocycles. The number of aliphatic hydroxyl groups is 1. The van der Waals surface area contributed by atoms with E-state index < -0.39 is 17.5 Å². The van der Waals surface area contributed by atoms with Crippen LogP contribution in [0.5, 0.6) is 28.7 Å². The summed E-state index contributed by atoms with van der Waals surface area (Å²) in [6.07, 6.45) is 3.75. The van der Waals surface area contributed by atoms with Gasteiger partial charge in [0.05, 0.1) is 25.7 Å². The second-order valence-corrected chi connectivity index (χ2v) is 12.4. The minimum absolute atomic E-state index is 0.0718. The molecule has 8 nitrogen and oxygen atoms in total. The molecule has 0 aromatic heterocycles. The van der Waals surface area contributed by atoms with Crippen molar-refractivity contribution in [3.63, 3.8) is 0 Å². The monoisotopic (exact) mass is 538 g/mol. The highest BCUT2D eigenvalue weighted by Crippen LogP contribution is 2.58. The highest BCUT2D eigenvalue weighted by Gasteiger charge is 2.57. The molecular formula is C31H38O8. The van der Waals surface area contributed by atoms with Crippen LogP contribution in [0, 0.1) is 22.7 Å². The Morgan fingerprint density at radius 1 is 1.10 bits per heavy atom. The van der Waals surface area contributed by atoms with Gasteiger partial charge in [0.2, 0.25) is 0 Å². The van der Waals surface area contributed by atoms with Crippen LogP contribution < -0.4 is 18.9 Å². The molecule has 0 unspecified atom stereocenters. The van der Waals surface area contributed by atoms with E-state index in [1.54, 1.807) is 24.3 Å². The molecular weight excluding hydrogens is 500 g/mol. The fourth-order valence-corrected chi connectivity index (χ4v) is 6.57. The molecule has 1 N–H and O–H groups in total. The summed E-state index contributed by atoms with van der Waals surface area (Å²) in [6.45, 7) is 7.97. The maximum Gasteiger partial charge on any atom is 0.346 e. The van der Waals surface area contributed by atoms with Crippen molar-refractivity contribution < 1.29 is 38.4 Å². The summed E-state index contributed by atoms with van der Waals surface area (Å²) in [6, 6.07) is 6.63. The summed E-state index contributed by atoms with van der Waals surface area (Å²) in [5.74, 6) is 1.02. The van der Waals surface area contributed by atoms with E-state index in [0.717, 1.165) is 25.7 Å². The van der Waals surface area contributed by atoms with E-state index in [2.05, 4.69) is 0 Å². The van der Waals surface area contributed by atoms with Crippen LogP contribution in [-0.2, 0) is 16.1 Å². The van der Waals surface area contributed by atoms with Crippen molar-refractivity contribution in [2.24, 2.45) is 22.7 Å². The van der Waals surface area contributed by atoms with E-state index in [-0.39, 0.29) is 46.6 Å². The number of rotatable bonds is 6. The lowest BCUT2D eigenvalue weighted by Gasteiger charge is -2.29. The van der Waals surface area contributed by atoms with Crippen LogP contribution >= 0.6 is 0 Å². The first kappa shape index (κ1) is 27.3. The van der Waals surface area contributed by atoms with Crippen molar-refractivity contribution in [3.8, 4) is 28.7 Å². The van der Waals surface area contributed by atoms with Crippen LogP contribution in [0.2, 0.25) is 0 Å². The molecule has 2 bridgehead atoms. The van der Waals surface area contributed by atoms with Gasteiger partial charge in [-0.15, -0.1) is 0 Å². The van der Waals surface area contributed by atoms with Crippen LogP contribution in [0.25, 0.3) is 0 Å². The largest absolute Gasteiger partial charge is 0.497 e. The Hall–Kier alpha value is -3.26. The average Bonchev–Trinajstić information content (AvgIpc) is 3.38. The lowest BCUT2D eigenvalue weighted by Crippen LogP contribution is -2.36. The minimum Gasteiger partial charge on any atom is -0.497 e. The van der Waals surface area contributed by atoms with Crippen molar-refractivity contribution in [1.29, 1.82) is 0 Å². The molecule has 0 amide bonds. The molecule has 1 heterocycles. The Bertz CT molecular complexity index is 1270. The molecule has 0 spiro atoms. The molecule has 1 atom stereocenters. The number of hydrogen-bond donors (Lipinski definition) is 1. The maximum atomic E-state index is 13.6. The summed E-state index contributed by atoms with van der Waals surface area (Å²) in [5, 5.41) is 11.0. The first-order chi connectivity index (χ1) is 18.5. The van der Waals surface area contributed by atoms with Gasteiger partial charge in [-0.05, 0) is 74.5 Å². The second-order valence-electron chi connectivity index (χ2n) is 12.4. The van der Waals surface area contributed by atoms with Gasteiger partial charge in [0.1, 0.15) is 29.4 Å². The summed E-state index contributed by atoms with van der Waals surface area (Å²) >= 11 is 0. The quantitative estimate of drug-likeness (QED) is 0.335. The van der Waals surface area contributed by atoms with E-state index >= 15 is 0 Å². The molecule has 2 saturated carbocycles. The number of ether oxygens (including phenoxy) is 5. The van der Waals surface area contributed by atoms with Crippen molar-refractivity contribution in [1.82, 2.24) is 0 Å². The number of carbonyl (C=O) groups excluding carboxylic acids is 2. The third-order valence-electron chi connectivity index (χ3n) is 8.70. The van der Waals surface area contributed by atoms with Gasteiger partial charge < -0.3 is 28.8 Å². The van der Waals surface area contributed by atoms with Crippen LogP contribution in [0.3, 0.4) is 0 Å². The van der Waals surface area contributed by atoms with Gasteiger partial charge in [-0.3, -0.25) is 4.79 Å². The first-order valence-corrected chi connectivity index (χ1v) is 13.6. The third-order valence-corrected chi connectivity index (χ3v) is 8.70. The third kappa shape index (κ3) is 4.84. The molecule has 0 radical (unpaired) electrons. The van der Waals surface area contributed by atoms with Gasteiger partial charge in [0.15, 0.2) is 11.5 Å². The Morgan fingerprint density at radius 2 is 1.77 bits per heavy atom. The predicted octanol–water partition coefficient (Wildman–Crippen LogP) is 6.37. The van der Waals surface area contributed by atoms with Crippen molar-refractivity contribution in [2.75, 3.05) is 14.2 Å². The Kier molecular flexibility index (Phi) is 7.04. The number of aliphatic hydroxyl groups excluding tert-OH is 1. The van der Waals surface area contributed by atoms with Crippen LogP contribution in [0.1, 0.15) is 87.4 Å². The SMILES string of the molecule is COc1cc2c(c(OC(=O)C3(C)C4CCC3CC4)c1)Oc1ccc([C@@H](O)CC(C)(C)C)c(OC)c1C(=O)OC2. The van der Waals surface area contributed by atoms with E-state index in [0.29, 0.717) is 35.1 Å². The Morgan fingerprint density at radius 3 is 2.36 bits per heavy atom. The van der Waals surface area contributed by atoms with Crippen LogP contribution in [0.4, 0.5) is 0 Å². The smallest absolute Gasteiger partial charge is 0.346 e. The molecule has 1 aliphatic heterocycles. The predicted molar refractivity (Wildman–Crippen MR) is 143 cm³/mol. The highest BCUT2D eigenvalue weighted by atomic mass is 16.6. The van der Waals surface area contributed by atoms with Crippen molar-refractivity contribution in [3.05, 3.63) is 41.0 Å². The zero-order valence-electron chi connectivity index (χ0n) is 23.6. The van der Waals surface area contributed by atoms with Gasteiger partial charge in [-0.2, -0.15) is 0 Å². The fourth-order valence-electron chi connectivity index (χ4n) is 6.57. The van der Waals surface area contributed by atoms with E-state index in [1.807, 2.05) is 27.7 Å². The average molecular weight is 539 g/mol. The number of methoxy groups -OCH3 is 2. The molecule has 210 valence electrons. The van der Waals surface area contributed by atoms with E-state index in [4.69, 9.17) is 23.7 Å². The number of carbonyl (C=O) groups is 2. The van der Waals surface area contributed by atoms with Crippen LogP contribution in [0.15, 0.2) is 24.3 Å².